The minimum Gasteiger partial charge on any atom is -0.493 e. The van der Waals surface area contributed by atoms with E-state index in [9.17, 15) is 9.59 Å². The molecule has 34 heavy (non-hydrogen) atoms. The maximum Gasteiger partial charge on any atom is 0.319 e. The molecule has 1 fully saturated rings. The highest BCUT2D eigenvalue weighted by atomic mass is 16.5. The second-order valence-corrected chi connectivity index (χ2v) is 8.38. The van der Waals surface area contributed by atoms with Gasteiger partial charge < -0.3 is 25.0 Å². The molecular formula is C25H31N5O4. The van der Waals surface area contributed by atoms with Gasteiger partial charge in [-0.1, -0.05) is 12.1 Å². The van der Waals surface area contributed by atoms with E-state index >= 15 is 0 Å². The van der Waals surface area contributed by atoms with Gasteiger partial charge in [0.1, 0.15) is 0 Å². The summed E-state index contributed by atoms with van der Waals surface area (Å²) in [5, 5.41) is 14.5. The van der Waals surface area contributed by atoms with Gasteiger partial charge in [0, 0.05) is 44.8 Å². The number of rotatable bonds is 7. The summed E-state index contributed by atoms with van der Waals surface area (Å²) in [6.45, 7) is 7.02. The highest BCUT2D eigenvalue weighted by Crippen LogP contribution is 2.34. The number of nitriles is 1. The van der Waals surface area contributed by atoms with Crippen molar-refractivity contribution in [2.45, 2.75) is 26.4 Å². The van der Waals surface area contributed by atoms with Gasteiger partial charge in [-0.05, 0) is 37.6 Å². The number of carbonyl (C=O) groups is 2. The van der Waals surface area contributed by atoms with Crippen LogP contribution in [0.15, 0.2) is 36.4 Å². The number of ether oxygens (including phenoxy) is 2. The molecule has 1 saturated heterocycles. The molecule has 2 N–H and O–H groups in total. The number of benzene rings is 2. The Bertz CT molecular complexity index is 1050. The summed E-state index contributed by atoms with van der Waals surface area (Å²) in [6.07, 6.45) is 0. The van der Waals surface area contributed by atoms with Gasteiger partial charge in [0.25, 0.3) is 5.91 Å². The van der Waals surface area contributed by atoms with E-state index < -0.39 is 6.03 Å². The van der Waals surface area contributed by atoms with E-state index in [4.69, 9.17) is 14.7 Å². The maximum absolute atomic E-state index is 13.4. The van der Waals surface area contributed by atoms with Crippen LogP contribution in [0, 0.1) is 11.3 Å². The number of hydrogen-bond acceptors (Lipinski definition) is 6. The van der Waals surface area contributed by atoms with Crippen molar-refractivity contribution >= 4 is 17.6 Å². The molecule has 3 amide bonds. The van der Waals surface area contributed by atoms with Crippen molar-refractivity contribution in [3.05, 3.63) is 53.1 Å². The smallest absolute Gasteiger partial charge is 0.319 e. The molecule has 0 bridgehead atoms. The Labute approximate surface area is 200 Å². The summed E-state index contributed by atoms with van der Waals surface area (Å²) >= 11 is 0. The predicted octanol–water partition coefficient (Wildman–Crippen LogP) is 3.06. The van der Waals surface area contributed by atoms with E-state index in [1.807, 2.05) is 38.1 Å². The van der Waals surface area contributed by atoms with E-state index in [1.165, 1.54) is 14.2 Å². The average molecular weight is 466 g/mol. The van der Waals surface area contributed by atoms with Gasteiger partial charge in [0.05, 0.1) is 37.1 Å². The number of nitrogens with one attached hydrogen (secondary N) is 2. The molecule has 0 aromatic heterocycles. The molecular weight excluding hydrogens is 434 g/mol. The van der Waals surface area contributed by atoms with Gasteiger partial charge in [-0.2, -0.15) is 5.26 Å². The molecule has 0 unspecified atom stereocenters. The van der Waals surface area contributed by atoms with Crippen LogP contribution in [0.5, 0.6) is 11.5 Å². The molecule has 9 nitrogen and oxygen atoms in total. The van der Waals surface area contributed by atoms with Crippen LogP contribution < -0.4 is 20.1 Å². The molecule has 2 aromatic carbocycles. The van der Waals surface area contributed by atoms with Crippen molar-refractivity contribution in [3.63, 3.8) is 0 Å². The molecule has 9 heteroatoms. The minimum absolute atomic E-state index is 0.0523. The van der Waals surface area contributed by atoms with Crippen molar-refractivity contribution in [1.29, 1.82) is 5.26 Å². The van der Waals surface area contributed by atoms with Gasteiger partial charge in [-0.15, -0.1) is 0 Å². The molecule has 1 heterocycles. The molecule has 3 rings (SSSR count). The lowest BCUT2D eigenvalue weighted by atomic mass is 10.1. The Morgan fingerprint density at radius 2 is 1.65 bits per heavy atom. The fraction of sp³-hybridized carbons (Fsp3) is 0.400. The first-order valence-corrected chi connectivity index (χ1v) is 11.2. The SMILES string of the molecule is COc1cc(NC(=O)NC(C)C)c(C(=O)N2CCN(Cc3ccc(C#N)cc3)CC2)cc1OC. The summed E-state index contributed by atoms with van der Waals surface area (Å²) < 4.78 is 10.7. The van der Waals surface area contributed by atoms with Crippen LogP contribution in [-0.4, -0.2) is 68.2 Å². The molecule has 0 atom stereocenters. The van der Waals surface area contributed by atoms with Crippen molar-refractivity contribution in [2.24, 2.45) is 0 Å². The minimum atomic E-state index is -0.400. The molecule has 0 spiro atoms. The molecule has 1 aliphatic rings. The average Bonchev–Trinajstić information content (AvgIpc) is 2.83. The van der Waals surface area contributed by atoms with E-state index in [-0.39, 0.29) is 11.9 Å². The van der Waals surface area contributed by atoms with E-state index in [0.29, 0.717) is 41.4 Å². The van der Waals surface area contributed by atoms with E-state index in [2.05, 4.69) is 21.6 Å². The molecule has 1 aliphatic heterocycles. The second kappa shape index (κ2) is 11.4. The number of carbonyl (C=O) groups excluding carboxylic acids is 2. The van der Waals surface area contributed by atoms with Crippen LogP contribution in [0.3, 0.4) is 0 Å². The monoisotopic (exact) mass is 465 g/mol. The third kappa shape index (κ3) is 6.17. The quantitative estimate of drug-likeness (QED) is 0.651. The molecule has 2 aromatic rings. The molecule has 0 radical (unpaired) electrons. The second-order valence-electron chi connectivity index (χ2n) is 8.38. The number of methoxy groups -OCH3 is 2. The Kier molecular flexibility index (Phi) is 8.33. The highest BCUT2D eigenvalue weighted by Gasteiger charge is 2.26. The zero-order valence-electron chi connectivity index (χ0n) is 20.1. The molecule has 180 valence electrons. The first-order valence-electron chi connectivity index (χ1n) is 11.2. The molecule has 0 aliphatic carbocycles. The number of anilines is 1. The zero-order valence-corrected chi connectivity index (χ0v) is 20.1. The van der Waals surface area contributed by atoms with Gasteiger partial charge in [0.2, 0.25) is 0 Å². The standard InChI is InChI=1S/C25H31N5O4/c1-17(2)27-25(32)28-21-14-23(34-4)22(33-3)13-20(21)24(31)30-11-9-29(10-12-30)16-19-7-5-18(15-26)6-8-19/h5-8,13-14,17H,9-12,16H2,1-4H3,(H2,27,28,32). The molecule has 0 saturated carbocycles. The van der Waals surface area contributed by atoms with Crippen LogP contribution in [0.2, 0.25) is 0 Å². The predicted molar refractivity (Wildman–Crippen MR) is 129 cm³/mol. The third-order valence-electron chi connectivity index (χ3n) is 5.57. The largest absolute Gasteiger partial charge is 0.493 e. The fourth-order valence-electron chi connectivity index (χ4n) is 3.80. The lowest BCUT2D eigenvalue weighted by Crippen LogP contribution is -2.48. The fourth-order valence-corrected chi connectivity index (χ4v) is 3.80. The normalized spacial score (nSPS) is 13.8. The Balaban J connectivity index is 1.72. The van der Waals surface area contributed by atoms with Crippen LogP contribution in [0.4, 0.5) is 10.5 Å². The van der Waals surface area contributed by atoms with E-state index in [1.54, 1.807) is 17.0 Å². The number of hydrogen-bond donors (Lipinski definition) is 2. The van der Waals surface area contributed by atoms with Gasteiger partial charge >= 0.3 is 6.03 Å². The first-order chi connectivity index (χ1) is 16.3. The number of amides is 3. The van der Waals surface area contributed by atoms with E-state index in [0.717, 1.165) is 25.2 Å². The third-order valence-corrected chi connectivity index (χ3v) is 5.57. The zero-order chi connectivity index (χ0) is 24.7. The topological polar surface area (TPSA) is 107 Å². The van der Waals surface area contributed by atoms with Gasteiger partial charge in [-0.3, -0.25) is 9.69 Å². The van der Waals surface area contributed by atoms with Crippen LogP contribution >= 0.6 is 0 Å². The number of piperazine rings is 1. The van der Waals surface area contributed by atoms with Crippen molar-refractivity contribution < 1.29 is 19.1 Å². The van der Waals surface area contributed by atoms with Crippen LogP contribution in [0.25, 0.3) is 0 Å². The number of urea groups is 1. The van der Waals surface area contributed by atoms with Crippen molar-refractivity contribution in [3.8, 4) is 17.6 Å². The van der Waals surface area contributed by atoms with Gasteiger partial charge in [-0.25, -0.2) is 4.79 Å². The lowest BCUT2D eigenvalue weighted by molar-refractivity contribution is 0.0629. The number of nitrogens with zero attached hydrogens (tertiary/aromatic N) is 3. The van der Waals surface area contributed by atoms with Gasteiger partial charge in [0.15, 0.2) is 11.5 Å². The van der Waals surface area contributed by atoms with Crippen molar-refractivity contribution in [1.82, 2.24) is 15.1 Å². The summed E-state index contributed by atoms with van der Waals surface area (Å²) in [5.74, 6) is 0.657. The Morgan fingerprint density at radius 3 is 2.21 bits per heavy atom. The summed E-state index contributed by atoms with van der Waals surface area (Å²) in [5.41, 5.74) is 2.47. The Morgan fingerprint density at radius 1 is 1.03 bits per heavy atom. The summed E-state index contributed by atoms with van der Waals surface area (Å²) in [6, 6.07) is 12.4. The maximum atomic E-state index is 13.4. The first kappa shape index (κ1) is 24.9. The highest BCUT2D eigenvalue weighted by molar-refractivity contribution is 6.04. The van der Waals surface area contributed by atoms with Crippen LogP contribution in [-0.2, 0) is 6.54 Å². The van der Waals surface area contributed by atoms with Crippen LogP contribution in [0.1, 0.15) is 35.3 Å². The lowest BCUT2D eigenvalue weighted by Gasteiger charge is -2.35. The summed E-state index contributed by atoms with van der Waals surface area (Å²) in [7, 11) is 3.01. The Hall–Kier alpha value is -3.77. The summed E-state index contributed by atoms with van der Waals surface area (Å²) in [4.78, 5) is 29.8. The van der Waals surface area contributed by atoms with Crippen molar-refractivity contribution in [2.75, 3.05) is 45.7 Å².